The van der Waals surface area contributed by atoms with Crippen molar-refractivity contribution in [3.05, 3.63) is 0 Å². The number of ether oxygens (including phenoxy) is 1. The normalized spacial score (nSPS) is 29.3. The quantitative estimate of drug-likeness (QED) is 0.368. The van der Waals surface area contributed by atoms with Gasteiger partial charge in [-0.15, -0.1) is 0 Å². The number of rotatable bonds is 2. The Hall–Kier alpha value is -1.10. The molecule has 0 aromatic rings. The molecule has 1 saturated heterocycles. The lowest BCUT2D eigenvalue weighted by Crippen LogP contribution is -2.16. The van der Waals surface area contributed by atoms with E-state index in [0.717, 1.165) is 0 Å². The van der Waals surface area contributed by atoms with Gasteiger partial charge < -0.3 is 9.84 Å². The second-order valence-electron chi connectivity index (χ2n) is 1.98. The van der Waals surface area contributed by atoms with Crippen LogP contribution >= 0.6 is 0 Å². The fourth-order valence-corrected chi connectivity index (χ4v) is 0.683. The van der Waals surface area contributed by atoms with Gasteiger partial charge in [-0.3, -0.25) is 14.9 Å². The van der Waals surface area contributed by atoms with Gasteiger partial charge >= 0.3 is 11.9 Å². The van der Waals surface area contributed by atoms with Crippen LogP contribution in [0.5, 0.6) is 0 Å². The Morgan fingerprint density at radius 1 is 1.50 bits per heavy atom. The number of hydrogen-bond acceptors (Lipinski definition) is 4. The fourth-order valence-electron chi connectivity index (χ4n) is 0.683. The van der Waals surface area contributed by atoms with Crippen molar-refractivity contribution < 1.29 is 19.4 Å². The van der Waals surface area contributed by atoms with E-state index in [0.29, 0.717) is 0 Å². The highest BCUT2D eigenvalue weighted by Gasteiger charge is 2.48. The first-order chi connectivity index (χ1) is 4.66. The third-order valence-electron chi connectivity index (χ3n) is 1.30. The monoisotopic (exact) mass is 145 g/mol. The summed E-state index contributed by atoms with van der Waals surface area (Å²) in [4.78, 5) is 20.7. The lowest BCUT2D eigenvalue weighted by Gasteiger charge is -1.90. The van der Waals surface area contributed by atoms with E-state index < -0.39 is 24.0 Å². The summed E-state index contributed by atoms with van der Waals surface area (Å²) >= 11 is 0. The average Bonchev–Trinajstić information content (AvgIpc) is 2.64. The van der Waals surface area contributed by atoms with Crippen LogP contribution in [0.15, 0.2) is 0 Å². The van der Waals surface area contributed by atoms with Crippen LogP contribution in [0.1, 0.15) is 0 Å². The van der Waals surface area contributed by atoms with Gasteiger partial charge in [-0.05, 0) is 0 Å². The lowest BCUT2D eigenvalue weighted by atomic mass is 10.3. The van der Waals surface area contributed by atoms with Crippen LogP contribution in [-0.4, -0.2) is 36.2 Å². The third kappa shape index (κ3) is 1.08. The van der Waals surface area contributed by atoms with Crippen molar-refractivity contribution in [1.29, 1.82) is 0 Å². The molecule has 0 spiro atoms. The number of nitrogens with one attached hydrogen (secondary N) is 1. The predicted molar refractivity (Wildman–Crippen MR) is 30.4 cm³/mol. The van der Waals surface area contributed by atoms with Crippen LogP contribution in [-0.2, 0) is 14.3 Å². The first-order valence-corrected chi connectivity index (χ1v) is 2.73. The lowest BCUT2D eigenvalue weighted by molar-refractivity contribution is -0.143. The summed E-state index contributed by atoms with van der Waals surface area (Å²) in [6.45, 7) is 0. The summed E-state index contributed by atoms with van der Waals surface area (Å²) in [6, 6.07) is -1.38. The molecule has 2 N–H and O–H groups in total. The van der Waals surface area contributed by atoms with E-state index in [-0.39, 0.29) is 0 Å². The molecule has 1 aliphatic rings. The Kier molecular flexibility index (Phi) is 1.58. The molecule has 0 amide bonds. The molecule has 0 bridgehead atoms. The molecule has 1 heterocycles. The smallest absolute Gasteiger partial charge is 0.325 e. The molecule has 0 saturated carbocycles. The fraction of sp³-hybridized carbons (Fsp3) is 0.600. The molecule has 1 aliphatic heterocycles. The third-order valence-corrected chi connectivity index (χ3v) is 1.30. The number of aliphatic carboxylic acids is 1. The maximum absolute atomic E-state index is 10.5. The molecule has 0 unspecified atom stereocenters. The molecule has 0 radical (unpaired) electrons. The highest BCUT2D eigenvalue weighted by molar-refractivity contribution is 5.91. The molecule has 0 aromatic carbocycles. The van der Waals surface area contributed by atoms with E-state index in [1.807, 2.05) is 0 Å². The minimum atomic E-state index is -1.02. The van der Waals surface area contributed by atoms with Gasteiger partial charge in [0, 0.05) is 0 Å². The van der Waals surface area contributed by atoms with Crippen LogP contribution in [0, 0.1) is 0 Å². The number of carboxylic acid groups (broad SMARTS) is 1. The Bertz CT molecular complexity index is 178. The molecule has 56 valence electrons. The Balaban J connectivity index is 2.38. The summed E-state index contributed by atoms with van der Waals surface area (Å²) in [5.41, 5.74) is 0. The van der Waals surface area contributed by atoms with E-state index >= 15 is 0 Å². The van der Waals surface area contributed by atoms with Crippen molar-refractivity contribution in [3.8, 4) is 0 Å². The van der Waals surface area contributed by atoms with Gasteiger partial charge in [0.05, 0.1) is 7.11 Å². The zero-order valence-electron chi connectivity index (χ0n) is 5.33. The van der Waals surface area contributed by atoms with Crippen molar-refractivity contribution in [1.82, 2.24) is 5.32 Å². The first kappa shape index (κ1) is 7.01. The highest BCUT2D eigenvalue weighted by Crippen LogP contribution is 2.11. The number of methoxy groups -OCH3 is 1. The van der Waals surface area contributed by atoms with Gasteiger partial charge in [-0.2, -0.15) is 0 Å². The second-order valence-corrected chi connectivity index (χ2v) is 1.98. The van der Waals surface area contributed by atoms with E-state index in [4.69, 9.17) is 5.11 Å². The number of carbonyl (C=O) groups is 2. The van der Waals surface area contributed by atoms with Crippen molar-refractivity contribution in [3.63, 3.8) is 0 Å². The topological polar surface area (TPSA) is 85.5 Å². The van der Waals surface area contributed by atoms with Crippen molar-refractivity contribution in [2.24, 2.45) is 0 Å². The molecular weight excluding hydrogens is 138 g/mol. The maximum atomic E-state index is 10.5. The van der Waals surface area contributed by atoms with Gasteiger partial charge in [0.25, 0.3) is 0 Å². The SMILES string of the molecule is COC(=O)[C@H]1N[C@H]1C(=O)O. The van der Waals surface area contributed by atoms with Gasteiger partial charge in [0.15, 0.2) is 0 Å². The zero-order chi connectivity index (χ0) is 7.72. The zero-order valence-corrected chi connectivity index (χ0v) is 5.33. The molecule has 2 atom stereocenters. The molecule has 1 rings (SSSR count). The average molecular weight is 145 g/mol. The van der Waals surface area contributed by atoms with Crippen molar-refractivity contribution >= 4 is 11.9 Å². The first-order valence-electron chi connectivity index (χ1n) is 2.73. The molecule has 10 heavy (non-hydrogen) atoms. The van der Waals surface area contributed by atoms with Crippen LogP contribution in [0.3, 0.4) is 0 Å². The van der Waals surface area contributed by atoms with Crippen LogP contribution < -0.4 is 5.32 Å². The van der Waals surface area contributed by atoms with E-state index in [1.54, 1.807) is 0 Å². The summed E-state index contributed by atoms with van der Waals surface area (Å²) < 4.78 is 4.29. The van der Waals surface area contributed by atoms with Gasteiger partial charge in [-0.1, -0.05) is 0 Å². The summed E-state index contributed by atoms with van der Waals surface area (Å²) in [5.74, 6) is -1.54. The highest BCUT2D eigenvalue weighted by atomic mass is 16.5. The van der Waals surface area contributed by atoms with Crippen LogP contribution in [0.4, 0.5) is 0 Å². The standard InChI is InChI=1S/C5H7NO4/c1-10-5(9)3-2(6-3)4(7)8/h2-3,6H,1H3,(H,7,8)/t2-,3+/m1/s1. The number of esters is 1. The van der Waals surface area contributed by atoms with Crippen molar-refractivity contribution in [2.75, 3.05) is 7.11 Å². The van der Waals surface area contributed by atoms with E-state index in [9.17, 15) is 9.59 Å². The Labute approximate surface area is 57.0 Å². The van der Waals surface area contributed by atoms with E-state index in [1.165, 1.54) is 7.11 Å². The summed E-state index contributed by atoms with van der Waals surface area (Å²) in [7, 11) is 1.22. The molecular formula is C5H7NO4. The summed E-state index contributed by atoms with van der Waals surface area (Å²) in [5, 5.41) is 10.7. The number of carbonyl (C=O) groups excluding carboxylic acids is 1. The Morgan fingerprint density at radius 3 is 2.40 bits per heavy atom. The predicted octanol–water partition coefficient (Wildman–Crippen LogP) is -1.42. The molecule has 5 heteroatoms. The van der Waals surface area contributed by atoms with Gasteiger partial charge in [-0.25, -0.2) is 0 Å². The molecule has 0 aliphatic carbocycles. The number of hydrogen-bond donors (Lipinski definition) is 2. The molecule has 5 nitrogen and oxygen atoms in total. The summed E-state index contributed by atoms with van der Waals surface area (Å²) in [6.07, 6.45) is 0. The molecule has 0 aromatic heterocycles. The number of carboxylic acids is 1. The minimum Gasteiger partial charge on any atom is -0.480 e. The van der Waals surface area contributed by atoms with Gasteiger partial charge in [0.1, 0.15) is 12.1 Å². The van der Waals surface area contributed by atoms with Crippen LogP contribution in [0.2, 0.25) is 0 Å². The van der Waals surface area contributed by atoms with Crippen LogP contribution in [0.25, 0.3) is 0 Å². The second kappa shape index (κ2) is 2.26. The van der Waals surface area contributed by atoms with E-state index in [2.05, 4.69) is 10.1 Å². The Morgan fingerprint density at radius 2 is 2.10 bits per heavy atom. The molecule has 1 fully saturated rings. The largest absolute Gasteiger partial charge is 0.480 e. The minimum absolute atomic E-state index is 0.521. The van der Waals surface area contributed by atoms with Gasteiger partial charge in [0.2, 0.25) is 0 Å². The maximum Gasteiger partial charge on any atom is 0.325 e. The van der Waals surface area contributed by atoms with Crippen molar-refractivity contribution in [2.45, 2.75) is 12.1 Å².